The second kappa shape index (κ2) is 9.44. The van der Waals surface area contributed by atoms with Gasteiger partial charge in [0.1, 0.15) is 0 Å². The van der Waals surface area contributed by atoms with Gasteiger partial charge in [0.25, 0.3) is 8.53 Å². The molecular formula is C17H31N2O2PS2. The molecule has 0 N–H and O–H groups in total. The second-order valence-electron chi connectivity index (χ2n) is 7.35. The molecular weight excluding hydrogens is 359 g/mol. The van der Waals surface area contributed by atoms with Crippen molar-refractivity contribution in [1.82, 2.24) is 4.67 Å². The minimum absolute atomic E-state index is 0.185. The number of nitrogens with zero attached hydrogens (tertiary/aromatic N) is 2. The SMILES string of the molecule is CC(C)N(C(C)C)P(OCCC#N)OC1C2CCCCC1(C)SS2. The van der Waals surface area contributed by atoms with Crippen LogP contribution in [0, 0.1) is 11.3 Å². The zero-order valence-electron chi connectivity index (χ0n) is 15.5. The van der Waals surface area contributed by atoms with Crippen LogP contribution in [0.15, 0.2) is 0 Å². The van der Waals surface area contributed by atoms with Gasteiger partial charge in [-0.15, -0.1) is 0 Å². The fourth-order valence-electron chi connectivity index (χ4n) is 3.44. The predicted octanol–water partition coefficient (Wildman–Crippen LogP) is 5.74. The molecule has 1 heterocycles. The molecule has 4 nitrogen and oxygen atoms in total. The molecule has 2 rings (SSSR count). The van der Waals surface area contributed by atoms with Gasteiger partial charge < -0.3 is 9.05 Å². The van der Waals surface area contributed by atoms with Crippen LogP contribution in [-0.4, -0.2) is 39.5 Å². The van der Waals surface area contributed by atoms with Crippen LogP contribution in [0.25, 0.3) is 0 Å². The van der Waals surface area contributed by atoms with Crippen molar-refractivity contribution in [3.8, 4) is 6.07 Å². The Hall–Kier alpha value is 0.500. The molecule has 0 aromatic rings. The molecule has 1 saturated carbocycles. The second-order valence-corrected chi connectivity index (χ2v) is 11.7. The van der Waals surface area contributed by atoms with Gasteiger partial charge in [-0.25, -0.2) is 4.67 Å². The Balaban J connectivity index is 2.15. The Labute approximate surface area is 156 Å². The van der Waals surface area contributed by atoms with Crippen LogP contribution in [0.4, 0.5) is 0 Å². The Morgan fingerprint density at radius 2 is 2.00 bits per heavy atom. The van der Waals surface area contributed by atoms with E-state index in [2.05, 4.69) is 45.4 Å². The molecule has 1 aliphatic heterocycles. The maximum absolute atomic E-state index is 8.85. The van der Waals surface area contributed by atoms with Crippen molar-refractivity contribution < 1.29 is 9.05 Å². The fraction of sp³-hybridized carbons (Fsp3) is 0.941. The van der Waals surface area contributed by atoms with E-state index in [0.29, 0.717) is 30.4 Å². The molecule has 0 spiro atoms. The van der Waals surface area contributed by atoms with E-state index in [9.17, 15) is 0 Å². The quantitative estimate of drug-likeness (QED) is 0.299. The van der Waals surface area contributed by atoms with Gasteiger partial charge in [-0.1, -0.05) is 34.4 Å². The topological polar surface area (TPSA) is 45.5 Å². The Bertz CT molecular complexity index is 437. The summed E-state index contributed by atoms with van der Waals surface area (Å²) in [5.74, 6) is 0. The third-order valence-electron chi connectivity index (χ3n) is 4.58. The highest BCUT2D eigenvalue weighted by Gasteiger charge is 2.50. The first-order valence-corrected chi connectivity index (χ1v) is 12.3. The lowest BCUT2D eigenvalue weighted by atomic mass is 9.98. The predicted molar refractivity (Wildman–Crippen MR) is 106 cm³/mol. The van der Waals surface area contributed by atoms with Crippen LogP contribution < -0.4 is 0 Å². The van der Waals surface area contributed by atoms with Crippen LogP contribution >= 0.6 is 30.1 Å². The highest BCUT2D eigenvalue weighted by molar-refractivity contribution is 8.77. The maximum atomic E-state index is 8.85. The van der Waals surface area contributed by atoms with Crippen molar-refractivity contribution in [3.05, 3.63) is 0 Å². The number of fused-ring (bicyclic) bond motifs is 2. The van der Waals surface area contributed by atoms with Crippen molar-refractivity contribution in [2.45, 2.75) is 94.9 Å². The average molecular weight is 391 g/mol. The van der Waals surface area contributed by atoms with Crippen molar-refractivity contribution in [2.75, 3.05) is 6.61 Å². The molecule has 138 valence electrons. The molecule has 4 atom stereocenters. The van der Waals surface area contributed by atoms with Crippen molar-refractivity contribution >= 4 is 30.1 Å². The van der Waals surface area contributed by atoms with Crippen molar-refractivity contribution in [3.63, 3.8) is 0 Å². The first-order valence-electron chi connectivity index (χ1n) is 8.98. The lowest BCUT2D eigenvalue weighted by molar-refractivity contribution is 0.111. The lowest BCUT2D eigenvalue weighted by Crippen LogP contribution is -2.41. The Morgan fingerprint density at radius 1 is 1.29 bits per heavy atom. The molecule has 0 aromatic heterocycles. The van der Waals surface area contributed by atoms with Crippen LogP contribution in [0.5, 0.6) is 0 Å². The van der Waals surface area contributed by atoms with E-state index in [-0.39, 0.29) is 10.9 Å². The molecule has 0 amide bonds. The van der Waals surface area contributed by atoms with Crippen molar-refractivity contribution in [2.24, 2.45) is 0 Å². The molecule has 1 aliphatic carbocycles. The van der Waals surface area contributed by atoms with Gasteiger partial charge in [-0.05, 0) is 47.5 Å². The van der Waals surface area contributed by atoms with Crippen LogP contribution in [0.3, 0.4) is 0 Å². The highest BCUT2D eigenvalue weighted by Crippen LogP contribution is 2.61. The summed E-state index contributed by atoms with van der Waals surface area (Å²) in [6.45, 7) is 11.6. The highest BCUT2D eigenvalue weighted by atomic mass is 33.1. The lowest BCUT2D eigenvalue weighted by Gasteiger charge is -2.40. The van der Waals surface area contributed by atoms with Gasteiger partial charge in [0.15, 0.2) is 0 Å². The summed E-state index contributed by atoms with van der Waals surface area (Å²) in [4.78, 5) is 0. The third-order valence-corrected chi connectivity index (χ3v) is 10.5. The zero-order valence-corrected chi connectivity index (χ0v) is 18.1. The first kappa shape index (κ1) is 20.8. The standard InChI is InChI=1S/C17H31N2O2PS2/c1-13(2)19(14(3)4)22(20-12-8-11-18)21-16-15-9-6-7-10-17(16,5)24-23-15/h13-16H,6-10,12H2,1-5H3. The van der Waals surface area contributed by atoms with Gasteiger partial charge >= 0.3 is 0 Å². The summed E-state index contributed by atoms with van der Waals surface area (Å²) in [6, 6.07) is 2.89. The van der Waals surface area contributed by atoms with Gasteiger partial charge in [0.2, 0.25) is 0 Å². The number of nitriles is 1. The summed E-state index contributed by atoms with van der Waals surface area (Å²) in [7, 11) is 2.88. The normalized spacial score (nSPS) is 31.5. The maximum Gasteiger partial charge on any atom is 0.259 e. The molecule has 0 radical (unpaired) electrons. The summed E-state index contributed by atoms with van der Waals surface area (Å²) in [6.07, 6.45) is 5.72. The fourth-order valence-corrected chi connectivity index (χ4v) is 9.31. The van der Waals surface area contributed by atoms with E-state index in [1.165, 1.54) is 25.7 Å². The molecule has 2 fully saturated rings. The van der Waals surface area contributed by atoms with Gasteiger partial charge in [0, 0.05) is 17.3 Å². The van der Waals surface area contributed by atoms with E-state index in [1.807, 2.05) is 21.6 Å². The molecule has 24 heavy (non-hydrogen) atoms. The summed E-state index contributed by atoms with van der Waals surface area (Å²) >= 11 is 0. The van der Waals surface area contributed by atoms with Crippen LogP contribution in [0.1, 0.15) is 66.7 Å². The Morgan fingerprint density at radius 3 is 2.62 bits per heavy atom. The first-order chi connectivity index (χ1) is 11.4. The summed E-state index contributed by atoms with van der Waals surface area (Å²) in [5, 5.41) is 9.41. The summed E-state index contributed by atoms with van der Waals surface area (Å²) in [5.41, 5.74) is 0. The van der Waals surface area contributed by atoms with Gasteiger partial charge in [-0.3, -0.25) is 0 Å². The van der Waals surface area contributed by atoms with E-state index >= 15 is 0 Å². The van der Waals surface area contributed by atoms with E-state index in [1.54, 1.807) is 0 Å². The van der Waals surface area contributed by atoms with Crippen LogP contribution in [-0.2, 0) is 9.05 Å². The number of rotatable bonds is 8. The minimum atomic E-state index is -1.14. The molecule has 1 saturated heterocycles. The molecule has 2 bridgehead atoms. The monoisotopic (exact) mass is 390 g/mol. The molecule has 7 heteroatoms. The van der Waals surface area contributed by atoms with E-state index < -0.39 is 8.53 Å². The van der Waals surface area contributed by atoms with E-state index in [4.69, 9.17) is 14.3 Å². The number of hydrogen-bond acceptors (Lipinski definition) is 6. The molecule has 4 unspecified atom stereocenters. The zero-order chi connectivity index (χ0) is 17.7. The largest absolute Gasteiger partial charge is 0.321 e. The Kier molecular flexibility index (Phi) is 8.18. The van der Waals surface area contributed by atoms with Crippen LogP contribution in [0.2, 0.25) is 0 Å². The van der Waals surface area contributed by atoms with Gasteiger partial charge in [0.05, 0.1) is 29.9 Å². The smallest absolute Gasteiger partial charge is 0.259 e. The van der Waals surface area contributed by atoms with E-state index in [0.717, 1.165) is 0 Å². The summed E-state index contributed by atoms with van der Waals surface area (Å²) < 4.78 is 15.3. The molecule has 0 aromatic carbocycles. The number of hydrogen-bond donors (Lipinski definition) is 0. The van der Waals surface area contributed by atoms with Gasteiger partial charge in [-0.2, -0.15) is 5.26 Å². The van der Waals surface area contributed by atoms with Crippen molar-refractivity contribution in [1.29, 1.82) is 5.26 Å². The third kappa shape index (κ3) is 5.02. The average Bonchev–Trinajstić information content (AvgIpc) is 2.69. The minimum Gasteiger partial charge on any atom is -0.321 e. The molecule has 2 aliphatic rings.